The van der Waals surface area contributed by atoms with Gasteiger partial charge in [0, 0.05) is 12.6 Å². The summed E-state index contributed by atoms with van der Waals surface area (Å²) >= 11 is 0. The standard InChI is InChI=1S/C13H19NO2S/c1-12-7-5-6-10-14(12)17(15,16)11-13-8-3-2-4-9-13/h2-4,8-9,12H,5-7,10-11H2,1H3/t12-/m1/s1. The third-order valence-electron chi connectivity index (χ3n) is 3.29. The summed E-state index contributed by atoms with van der Waals surface area (Å²) in [5, 5.41) is 0. The van der Waals surface area contributed by atoms with Gasteiger partial charge in [-0.3, -0.25) is 0 Å². The lowest BCUT2D eigenvalue weighted by Crippen LogP contribution is -2.42. The third kappa shape index (κ3) is 3.07. The molecule has 0 aromatic heterocycles. The van der Waals surface area contributed by atoms with Crippen molar-refractivity contribution < 1.29 is 8.42 Å². The van der Waals surface area contributed by atoms with Crippen LogP contribution in [0, 0.1) is 0 Å². The lowest BCUT2D eigenvalue weighted by molar-refractivity contribution is 0.268. The first-order valence-corrected chi connectivity index (χ1v) is 7.74. The molecule has 1 aromatic rings. The Morgan fingerprint density at radius 2 is 1.94 bits per heavy atom. The zero-order valence-corrected chi connectivity index (χ0v) is 11.0. The Morgan fingerprint density at radius 3 is 2.59 bits per heavy atom. The van der Waals surface area contributed by atoms with E-state index in [9.17, 15) is 8.42 Å². The van der Waals surface area contributed by atoms with Crippen molar-refractivity contribution in [1.29, 1.82) is 0 Å². The van der Waals surface area contributed by atoms with Gasteiger partial charge in [0.05, 0.1) is 5.75 Å². The van der Waals surface area contributed by atoms with E-state index in [0.29, 0.717) is 6.54 Å². The van der Waals surface area contributed by atoms with E-state index in [1.165, 1.54) is 0 Å². The molecule has 0 bridgehead atoms. The van der Waals surface area contributed by atoms with Crippen LogP contribution in [-0.4, -0.2) is 25.3 Å². The molecule has 2 rings (SSSR count). The molecule has 94 valence electrons. The molecule has 17 heavy (non-hydrogen) atoms. The number of nitrogens with zero attached hydrogens (tertiary/aromatic N) is 1. The summed E-state index contributed by atoms with van der Waals surface area (Å²) in [6.45, 7) is 2.68. The second kappa shape index (κ2) is 5.19. The minimum Gasteiger partial charge on any atom is -0.212 e. The number of hydrogen-bond acceptors (Lipinski definition) is 2. The van der Waals surface area contributed by atoms with Gasteiger partial charge in [-0.15, -0.1) is 0 Å². The smallest absolute Gasteiger partial charge is 0.212 e. The van der Waals surface area contributed by atoms with Crippen molar-refractivity contribution in [1.82, 2.24) is 4.31 Å². The van der Waals surface area contributed by atoms with Crippen molar-refractivity contribution in [2.75, 3.05) is 6.54 Å². The molecule has 3 nitrogen and oxygen atoms in total. The van der Waals surface area contributed by atoms with Gasteiger partial charge >= 0.3 is 0 Å². The Kier molecular flexibility index (Phi) is 3.84. The maximum Gasteiger partial charge on any atom is 0.218 e. The Morgan fingerprint density at radius 1 is 1.24 bits per heavy atom. The fourth-order valence-electron chi connectivity index (χ4n) is 2.35. The molecule has 1 aliphatic rings. The van der Waals surface area contributed by atoms with Gasteiger partial charge in [0.25, 0.3) is 0 Å². The van der Waals surface area contributed by atoms with Gasteiger partial charge < -0.3 is 0 Å². The van der Waals surface area contributed by atoms with E-state index in [2.05, 4.69) is 0 Å². The van der Waals surface area contributed by atoms with Gasteiger partial charge in [0.2, 0.25) is 10.0 Å². The van der Waals surface area contributed by atoms with Gasteiger partial charge in [-0.05, 0) is 25.3 Å². The lowest BCUT2D eigenvalue weighted by Gasteiger charge is -2.32. The molecule has 1 fully saturated rings. The van der Waals surface area contributed by atoms with Crippen LogP contribution in [0.25, 0.3) is 0 Å². The predicted octanol–water partition coefficient (Wildman–Crippen LogP) is 2.39. The molecule has 1 atom stereocenters. The highest BCUT2D eigenvalue weighted by atomic mass is 32.2. The molecule has 1 saturated heterocycles. The normalized spacial score (nSPS) is 22.5. The van der Waals surface area contributed by atoms with E-state index in [0.717, 1.165) is 24.8 Å². The molecule has 0 saturated carbocycles. The fraction of sp³-hybridized carbons (Fsp3) is 0.538. The van der Waals surface area contributed by atoms with Crippen molar-refractivity contribution in [3.8, 4) is 0 Å². The second-order valence-electron chi connectivity index (χ2n) is 4.70. The molecule has 0 aliphatic carbocycles. The van der Waals surface area contributed by atoms with E-state index >= 15 is 0 Å². The molecular formula is C13H19NO2S. The molecule has 1 aliphatic heterocycles. The predicted molar refractivity (Wildman–Crippen MR) is 69.1 cm³/mol. The Balaban J connectivity index is 2.13. The van der Waals surface area contributed by atoms with Crippen LogP contribution in [0.1, 0.15) is 31.7 Å². The van der Waals surface area contributed by atoms with Crippen LogP contribution in [0.2, 0.25) is 0 Å². The summed E-state index contributed by atoms with van der Waals surface area (Å²) in [5.74, 6) is 0.123. The first kappa shape index (κ1) is 12.6. The minimum absolute atomic E-state index is 0.123. The van der Waals surface area contributed by atoms with E-state index in [4.69, 9.17) is 0 Å². The Labute approximate surface area is 104 Å². The number of sulfonamides is 1. The van der Waals surface area contributed by atoms with Crippen molar-refractivity contribution >= 4 is 10.0 Å². The average Bonchev–Trinajstić information content (AvgIpc) is 2.30. The monoisotopic (exact) mass is 253 g/mol. The summed E-state index contributed by atoms with van der Waals surface area (Å²) in [4.78, 5) is 0. The van der Waals surface area contributed by atoms with Crippen LogP contribution in [0.3, 0.4) is 0 Å². The molecule has 4 heteroatoms. The first-order chi connectivity index (χ1) is 8.09. The highest BCUT2D eigenvalue weighted by Crippen LogP contribution is 2.22. The van der Waals surface area contributed by atoms with Crippen LogP contribution in [0.5, 0.6) is 0 Å². The highest BCUT2D eigenvalue weighted by molar-refractivity contribution is 7.88. The van der Waals surface area contributed by atoms with Crippen molar-refractivity contribution in [2.45, 2.75) is 38.0 Å². The SMILES string of the molecule is C[C@@H]1CCCCN1S(=O)(=O)Cc1ccccc1. The molecular weight excluding hydrogens is 234 g/mol. The van der Waals surface area contributed by atoms with Gasteiger partial charge in [-0.25, -0.2) is 8.42 Å². The van der Waals surface area contributed by atoms with Crippen molar-refractivity contribution in [3.05, 3.63) is 35.9 Å². The average molecular weight is 253 g/mol. The molecule has 0 radical (unpaired) electrons. The maximum atomic E-state index is 12.3. The first-order valence-electron chi connectivity index (χ1n) is 6.13. The number of hydrogen-bond donors (Lipinski definition) is 0. The molecule has 0 amide bonds. The van der Waals surface area contributed by atoms with Crippen LogP contribution >= 0.6 is 0 Å². The zero-order valence-electron chi connectivity index (χ0n) is 10.2. The summed E-state index contributed by atoms with van der Waals surface area (Å²) in [6, 6.07) is 9.55. The third-order valence-corrected chi connectivity index (χ3v) is 5.25. The van der Waals surface area contributed by atoms with Crippen LogP contribution in [0.15, 0.2) is 30.3 Å². The zero-order chi connectivity index (χ0) is 12.3. The number of piperidine rings is 1. The van der Waals surface area contributed by atoms with Gasteiger partial charge in [0.1, 0.15) is 0 Å². The van der Waals surface area contributed by atoms with Gasteiger partial charge in [-0.1, -0.05) is 36.8 Å². The molecule has 0 spiro atoms. The Bertz CT molecular complexity index is 456. The minimum atomic E-state index is -3.15. The summed E-state index contributed by atoms with van der Waals surface area (Å²) in [6.07, 6.45) is 3.10. The topological polar surface area (TPSA) is 37.4 Å². The maximum absolute atomic E-state index is 12.3. The van der Waals surface area contributed by atoms with Gasteiger partial charge in [-0.2, -0.15) is 4.31 Å². The van der Waals surface area contributed by atoms with Crippen molar-refractivity contribution in [3.63, 3.8) is 0 Å². The summed E-state index contributed by atoms with van der Waals surface area (Å²) in [7, 11) is -3.15. The lowest BCUT2D eigenvalue weighted by atomic mass is 10.1. The van der Waals surface area contributed by atoms with Crippen molar-refractivity contribution in [2.24, 2.45) is 0 Å². The number of rotatable bonds is 3. The molecule has 0 unspecified atom stereocenters. The van der Waals surface area contributed by atoms with Crippen LogP contribution in [-0.2, 0) is 15.8 Å². The Hall–Kier alpha value is -0.870. The summed E-state index contributed by atoms with van der Waals surface area (Å²) in [5.41, 5.74) is 0.866. The van der Waals surface area contributed by atoms with Crippen LogP contribution < -0.4 is 0 Å². The largest absolute Gasteiger partial charge is 0.218 e. The highest BCUT2D eigenvalue weighted by Gasteiger charge is 2.29. The number of benzene rings is 1. The fourth-order valence-corrected chi connectivity index (χ4v) is 4.19. The van der Waals surface area contributed by atoms with E-state index < -0.39 is 10.0 Å². The molecule has 1 heterocycles. The quantitative estimate of drug-likeness (QED) is 0.829. The molecule has 0 N–H and O–H groups in total. The van der Waals surface area contributed by atoms with Crippen LogP contribution in [0.4, 0.5) is 0 Å². The summed E-state index contributed by atoms with van der Waals surface area (Å²) < 4.78 is 26.3. The van der Waals surface area contributed by atoms with Gasteiger partial charge in [0.15, 0.2) is 0 Å². The molecule has 1 aromatic carbocycles. The second-order valence-corrected chi connectivity index (χ2v) is 6.62. The van der Waals surface area contributed by atoms with E-state index in [1.54, 1.807) is 4.31 Å². The van der Waals surface area contributed by atoms with E-state index in [-0.39, 0.29) is 11.8 Å². The van der Waals surface area contributed by atoms with E-state index in [1.807, 2.05) is 37.3 Å².